The molecule has 0 aliphatic carbocycles. The van der Waals surface area contributed by atoms with Crippen LogP contribution in [0.15, 0.2) is 18.2 Å². The van der Waals surface area contributed by atoms with Gasteiger partial charge in [0.1, 0.15) is 0 Å². The topological polar surface area (TPSA) is 86.7 Å². The van der Waals surface area contributed by atoms with Crippen LogP contribution in [0.5, 0.6) is 0 Å². The van der Waals surface area contributed by atoms with Gasteiger partial charge in [-0.25, -0.2) is 8.42 Å². The van der Waals surface area contributed by atoms with Crippen LogP contribution in [0.1, 0.15) is 6.42 Å². The Balaban J connectivity index is 2.83. The molecular formula is C11H15ClN2O4S. The Morgan fingerprint density at radius 3 is 2.53 bits per heavy atom. The molecule has 106 valence electrons. The van der Waals surface area contributed by atoms with E-state index < -0.39 is 28.2 Å². The van der Waals surface area contributed by atoms with Crippen molar-refractivity contribution in [3.63, 3.8) is 0 Å². The first-order chi connectivity index (χ1) is 8.71. The minimum absolute atomic E-state index is 0.306. The first kappa shape index (κ1) is 15.6. The molecule has 8 heteroatoms. The molecule has 0 aliphatic heterocycles. The van der Waals surface area contributed by atoms with E-state index in [9.17, 15) is 13.2 Å². The summed E-state index contributed by atoms with van der Waals surface area (Å²) in [6.07, 6.45) is -0.446. The van der Waals surface area contributed by atoms with Crippen molar-refractivity contribution in [2.75, 3.05) is 29.5 Å². The van der Waals surface area contributed by atoms with Crippen LogP contribution >= 0.6 is 11.6 Å². The van der Waals surface area contributed by atoms with Gasteiger partial charge in [-0.05, 0) is 18.2 Å². The van der Waals surface area contributed by atoms with Gasteiger partial charge in [0.15, 0.2) is 0 Å². The summed E-state index contributed by atoms with van der Waals surface area (Å²) in [5.41, 5.74) is 1.07. The van der Waals surface area contributed by atoms with Crippen LogP contribution in [0, 0.1) is 0 Å². The van der Waals surface area contributed by atoms with Gasteiger partial charge in [-0.3, -0.25) is 9.52 Å². The predicted octanol–water partition coefficient (Wildman–Crippen LogP) is 1.62. The number of benzene rings is 1. The monoisotopic (exact) mass is 306 g/mol. The van der Waals surface area contributed by atoms with E-state index in [4.69, 9.17) is 16.7 Å². The molecule has 0 aromatic heterocycles. The van der Waals surface area contributed by atoms with Crippen LogP contribution < -0.4 is 9.62 Å². The third kappa shape index (κ3) is 4.96. The quantitative estimate of drug-likeness (QED) is 0.834. The summed E-state index contributed by atoms with van der Waals surface area (Å²) in [5.74, 6) is -1.64. The number of carbonyl (C=O) groups is 1. The molecule has 0 radical (unpaired) electrons. The van der Waals surface area contributed by atoms with Crippen LogP contribution in [-0.4, -0.2) is 39.3 Å². The number of carboxylic acids is 1. The standard InChI is InChI=1S/C11H15ClN2O4S/c1-14(2)10-4-3-8(7-9(10)12)13-19(17,18)6-5-11(15)16/h3-4,7,13H,5-6H2,1-2H3,(H,15,16). The minimum Gasteiger partial charge on any atom is -0.481 e. The zero-order valence-electron chi connectivity index (χ0n) is 10.6. The van der Waals surface area contributed by atoms with E-state index in [1.165, 1.54) is 6.07 Å². The molecule has 1 aromatic carbocycles. The van der Waals surface area contributed by atoms with Gasteiger partial charge in [-0.15, -0.1) is 0 Å². The van der Waals surface area contributed by atoms with Crippen LogP contribution in [0.2, 0.25) is 5.02 Å². The molecule has 0 saturated carbocycles. The lowest BCUT2D eigenvalue weighted by Crippen LogP contribution is -2.19. The molecule has 19 heavy (non-hydrogen) atoms. The average Bonchev–Trinajstić information content (AvgIpc) is 2.25. The summed E-state index contributed by atoms with van der Waals surface area (Å²) < 4.78 is 25.5. The van der Waals surface area contributed by atoms with Gasteiger partial charge in [-0.1, -0.05) is 11.6 Å². The summed E-state index contributed by atoms with van der Waals surface area (Å²) in [5, 5.41) is 8.87. The van der Waals surface area contributed by atoms with Crippen molar-refractivity contribution in [3.05, 3.63) is 23.2 Å². The average molecular weight is 307 g/mol. The van der Waals surface area contributed by atoms with Crippen molar-refractivity contribution >= 4 is 39.0 Å². The van der Waals surface area contributed by atoms with Gasteiger partial charge in [0.2, 0.25) is 10.0 Å². The van der Waals surface area contributed by atoms with E-state index >= 15 is 0 Å². The summed E-state index contributed by atoms with van der Waals surface area (Å²) in [7, 11) is -0.0479. The zero-order chi connectivity index (χ0) is 14.6. The second-order valence-electron chi connectivity index (χ2n) is 4.13. The number of anilines is 2. The first-order valence-corrected chi connectivity index (χ1v) is 7.43. The number of hydrogen-bond donors (Lipinski definition) is 2. The van der Waals surface area contributed by atoms with E-state index in [1.54, 1.807) is 17.0 Å². The molecule has 2 N–H and O–H groups in total. The lowest BCUT2D eigenvalue weighted by atomic mass is 10.3. The number of carboxylic acid groups (broad SMARTS) is 1. The molecule has 0 bridgehead atoms. The number of hydrogen-bond acceptors (Lipinski definition) is 4. The Morgan fingerprint density at radius 2 is 2.05 bits per heavy atom. The number of nitrogens with one attached hydrogen (secondary N) is 1. The fourth-order valence-corrected chi connectivity index (χ4v) is 2.77. The Hall–Kier alpha value is -1.47. The highest BCUT2D eigenvalue weighted by Gasteiger charge is 2.13. The molecule has 0 spiro atoms. The molecule has 0 amide bonds. The van der Waals surface area contributed by atoms with Gasteiger partial charge in [0.05, 0.1) is 28.6 Å². The first-order valence-electron chi connectivity index (χ1n) is 5.40. The van der Waals surface area contributed by atoms with Crippen LogP contribution in [-0.2, 0) is 14.8 Å². The third-order valence-electron chi connectivity index (χ3n) is 2.29. The lowest BCUT2D eigenvalue weighted by molar-refractivity contribution is -0.136. The molecule has 0 fully saturated rings. The van der Waals surface area contributed by atoms with E-state index in [0.717, 1.165) is 5.69 Å². The summed E-state index contributed by atoms with van der Waals surface area (Å²) >= 11 is 6.01. The number of rotatable bonds is 6. The number of sulfonamides is 1. The second kappa shape index (κ2) is 6.12. The van der Waals surface area contributed by atoms with Gasteiger partial charge >= 0.3 is 5.97 Å². The predicted molar refractivity (Wildman–Crippen MR) is 75.4 cm³/mol. The number of halogens is 1. The Kier molecular flexibility index (Phi) is 5.02. The minimum atomic E-state index is -3.68. The van der Waals surface area contributed by atoms with Gasteiger partial charge in [-0.2, -0.15) is 0 Å². The Bertz CT molecular complexity index is 572. The fraction of sp³-hybridized carbons (Fsp3) is 0.364. The molecule has 1 aromatic rings. The normalized spacial score (nSPS) is 11.1. The maximum Gasteiger partial charge on any atom is 0.304 e. The molecule has 1 rings (SSSR count). The molecule has 0 atom stereocenters. The largest absolute Gasteiger partial charge is 0.481 e. The van der Waals surface area contributed by atoms with Crippen molar-refractivity contribution in [2.45, 2.75) is 6.42 Å². The molecular weight excluding hydrogens is 292 g/mol. The second-order valence-corrected chi connectivity index (χ2v) is 6.37. The maximum absolute atomic E-state index is 11.6. The highest BCUT2D eigenvalue weighted by Crippen LogP contribution is 2.27. The zero-order valence-corrected chi connectivity index (χ0v) is 12.1. The third-order valence-corrected chi connectivity index (χ3v) is 3.88. The van der Waals surface area contributed by atoms with Gasteiger partial charge in [0, 0.05) is 14.1 Å². The maximum atomic E-state index is 11.6. The van der Waals surface area contributed by atoms with Crippen LogP contribution in [0.4, 0.5) is 11.4 Å². The molecule has 0 unspecified atom stereocenters. The van der Waals surface area contributed by atoms with Gasteiger partial charge in [0.25, 0.3) is 0 Å². The highest BCUT2D eigenvalue weighted by atomic mass is 35.5. The highest BCUT2D eigenvalue weighted by molar-refractivity contribution is 7.92. The van der Waals surface area contributed by atoms with Crippen LogP contribution in [0.3, 0.4) is 0 Å². The number of nitrogens with zero attached hydrogens (tertiary/aromatic N) is 1. The van der Waals surface area contributed by atoms with Crippen molar-refractivity contribution in [2.24, 2.45) is 0 Å². The van der Waals surface area contributed by atoms with E-state index in [0.29, 0.717) is 10.7 Å². The molecule has 6 nitrogen and oxygen atoms in total. The summed E-state index contributed by atoms with van der Waals surface area (Å²) in [6.45, 7) is 0. The summed E-state index contributed by atoms with van der Waals surface area (Å²) in [6, 6.07) is 4.73. The van der Waals surface area contributed by atoms with Crippen LogP contribution in [0.25, 0.3) is 0 Å². The molecule has 0 saturated heterocycles. The lowest BCUT2D eigenvalue weighted by Gasteiger charge is -2.15. The summed E-state index contributed by atoms with van der Waals surface area (Å²) in [4.78, 5) is 12.1. The smallest absolute Gasteiger partial charge is 0.304 e. The number of aliphatic carboxylic acids is 1. The van der Waals surface area contributed by atoms with Crippen molar-refractivity contribution in [1.82, 2.24) is 0 Å². The molecule has 0 heterocycles. The fourth-order valence-electron chi connectivity index (χ4n) is 1.39. The van der Waals surface area contributed by atoms with E-state index in [1.807, 2.05) is 14.1 Å². The van der Waals surface area contributed by atoms with E-state index in [2.05, 4.69) is 4.72 Å². The van der Waals surface area contributed by atoms with Crippen molar-refractivity contribution < 1.29 is 18.3 Å². The van der Waals surface area contributed by atoms with E-state index in [-0.39, 0.29) is 0 Å². The van der Waals surface area contributed by atoms with Gasteiger partial charge < -0.3 is 10.0 Å². The van der Waals surface area contributed by atoms with Crippen molar-refractivity contribution in [3.8, 4) is 0 Å². The SMILES string of the molecule is CN(C)c1ccc(NS(=O)(=O)CCC(=O)O)cc1Cl. The van der Waals surface area contributed by atoms with Crippen molar-refractivity contribution in [1.29, 1.82) is 0 Å². The Morgan fingerprint density at radius 1 is 1.42 bits per heavy atom. The molecule has 0 aliphatic rings. The Labute approximate surface area is 117 Å².